The largest absolute Gasteiger partial charge is 0.357 e. The van der Waals surface area contributed by atoms with E-state index >= 15 is 0 Å². The van der Waals surface area contributed by atoms with Gasteiger partial charge in [-0.3, -0.25) is 10.1 Å². The lowest BCUT2D eigenvalue weighted by Crippen LogP contribution is -2.14. The molecule has 3 aromatic carbocycles. The van der Waals surface area contributed by atoms with Crippen LogP contribution in [-0.2, 0) is 10.9 Å². The third-order valence-electron chi connectivity index (χ3n) is 5.06. The summed E-state index contributed by atoms with van der Waals surface area (Å²) in [6.45, 7) is 0. The summed E-state index contributed by atoms with van der Waals surface area (Å²) in [5.41, 5.74) is 4.20. The molecule has 5 rings (SSSR count). The Balaban J connectivity index is 1.44. The number of fused-ring (bicyclic) bond motifs is 1. The SMILES string of the molecule is O=C(Nc1nc2ccc(N(c3ccc(-c4ccccc4)cc3)[SH](=O)=O)cc2s1)c1ccc[nH]1. The fourth-order valence-corrected chi connectivity index (χ4v) is 5.03. The number of carbonyl (C=O) groups excluding carboxylic acids is 1. The topological polar surface area (TPSA) is 95.2 Å². The Hall–Kier alpha value is -3.95. The first-order valence-electron chi connectivity index (χ1n) is 10.0. The van der Waals surface area contributed by atoms with Gasteiger partial charge in [0.25, 0.3) is 5.91 Å². The summed E-state index contributed by atoms with van der Waals surface area (Å²) >= 11 is 1.28. The van der Waals surface area contributed by atoms with E-state index in [-0.39, 0.29) is 5.91 Å². The molecule has 2 heterocycles. The number of thiazole rings is 1. The number of benzene rings is 3. The predicted octanol–water partition coefficient (Wildman–Crippen LogP) is 5.21. The van der Waals surface area contributed by atoms with Crippen molar-refractivity contribution in [3.05, 3.63) is 96.8 Å². The number of rotatable bonds is 6. The van der Waals surface area contributed by atoms with Crippen LogP contribution in [0.4, 0.5) is 16.5 Å². The average Bonchev–Trinajstić information content (AvgIpc) is 3.50. The number of nitrogens with zero attached hydrogens (tertiary/aromatic N) is 2. The molecule has 7 nitrogen and oxygen atoms in total. The number of thiol groups is 1. The van der Waals surface area contributed by atoms with Gasteiger partial charge in [0, 0.05) is 6.20 Å². The van der Waals surface area contributed by atoms with E-state index in [4.69, 9.17) is 0 Å². The maximum Gasteiger partial charge on any atom is 0.273 e. The Kier molecular flexibility index (Phi) is 5.64. The summed E-state index contributed by atoms with van der Waals surface area (Å²) in [7, 11) is -2.92. The number of H-pyrrole nitrogens is 1. The van der Waals surface area contributed by atoms with Crippen molar-refractivity contribution in [2.24, 2.45) is 0 Å². The molecule has 2 N–H and O–H groups in total. The lowest BCUT2D eigenvalue weighted by atomic mass is 10.1. The Bertz CT molecular complexity index is 1480. The molecule has 0 radical (unpaired) electrons. The number of aromatic amines is 1. The molecule has 0 aliphatic heterocycles. The minimum atomic E-state index is -2.92. The molecule has 0 aliphatic carbocycles. The molecular formula is C24H18N4O3S2. The van der Waals surface area contributed by atoms with Gasteiger partial charge in [0.15, 0.2) is 5.13 Å². The van der Waals surface area contributed by atoms with Crippen molar-refractivity contribution in [1.29, 1.82) is 0 Å². The summed E-state index contributed by atoms with van der Waals surface area (Å²) < 4.78 is 26.4. The number of nitrogens with one attached hydrogen (secondary N) is 2. The van der Waals surface area contributed by atoms with E-state index in [0.29, 0.717) is 27.7 Å². The molecule has 0 unspecified atom stereocenters. The fraction of sp³-hybridized carbons (Fsp3) is 0. The molecule has 0 atom stereocenters. The number of carbonyl (C=O) groups is 1. The van der Waals surface area contributed by atoms with Crippen molar-refractivity contribution < 1.29 is 13.2 Å². The van der Waals surface area contributed by atoms with Gasteiger partial charge in [-0.1, -0.05) is 53.8 Å². The molecule has 33 heavy (non-hydrogen) atoms. The Morgan fingerprint density at radius 2 is 1.61 bits per heavy atom. The molecule has 0 saturated heterocycles. The first kappa shape index (κ1) is 20.9. The molecule has 0 spiro atoms. The average molecular weight is 475 g/mol. The monoisotopic (exact) mass is 474 g/mol. The number of aromatic nitrogens is 2. The molecule has 0 bridgehead atoms. The highest BCUT2D eigenvalue weighted by Gasteiger charge is 2.15. The number of amides is 1. The van der Waals surface area contributed by atoms with Gasteiger partial charge in [0.1, 0.15) is 5.69 Å². The molecule has 164 valence electrons. The van der Waals surface area contributed by atoms with Crippen LogP contribution in [0.25, 0.3) is 21.3 Å². The molecular weight excluding hydrogens is 456 g/mol. The Morgan fingerprint density at radius 3 is 2.30 bits per heavy atom. The van der Waals surface area contributed by atoms with Gasteiger partial charge < -0.3 is 4.98 Å². The van der Waals surface area contributed by atoms with Crippen molar-refractivity contribution in [2.45, 2.75) is 0 Å². The maximum absolute atomic E-state index is 12.3. The second-order valence-electron chi connectivity index (χ2n) is 7.17. The number of anilines is 3. The van der Waals surface area contributed by atoms with Gasteiger partial charge in [-0.25, -0.2) is 17.7 Å². The smallest absolute Gasteiger partial charge is 0.273 e. The first-order valence-corrected chi connectivity index (χ1v) is 12.0. The van der Waals surface area contributed by atoms with Crippen LogP contribution in [-0.4, -0.2) is 24.3 Å². The van der Waals surface area contributed by atoms with E-state index in [2.05, 4.69) is 15.3 Å². The van der Waals surface area contributed by atoms with Crippen LogP contribution >= 0.6 is 11.3 Å². The zero-order chi connectivity index (χ0) is 22.8. The van der Waals surface area contributed by atoms with Crippen molar-refractivity contribution in [3.63, 3.8) is 0 Å². The molecule has 0 fully saturated rings. The summed E-state index contributed by atoms with van der Waals surface area (Å²) in [5.74, 6) is -0.290. The summed E-state index contributed by atoms with van der Waals surface area (Å²) in [6.07, 6.45) is 1.67. The quantitative estimate of drug-likeness (QED) is 0.295. The third kappa shape index (κ3) is 4.36. The second-order valence-corrected chi connectivity index (χ2v) is 9.08. The van der Waals surface area contributed by atoms with Crippen molar-refractivity contribution in [3.8, 4) is 11.1 Å². The molecule has 0 saturated carbocycles. The zero-order valence-corrected chi connectivity index (χ0v) is 18.8. The zero-order valence-electron chi connectivity index (χ0n) is 17.1. The van der Waals surface area contributed by atoms with E-state index in [9.17, 15) is 13.2 Å². The molecule has 1 amide bonds. The van der Waals surface area contributed by atoms with E-state index in [1.807, 2.05) is 42.5 Å². The number of hydrogen-bond acceptors (Lipinski definition) is 5. The summed E-state index contributed by atoms with van der Waals surface area (Å²) in [6, 6.07) is 25.9. The van der Waals surface area contributed by atoms with Crippen molar-refractivity contribution >= 4 is 54.9 Å². The second kappa shape index (κ2) is 8.89. The van der Waals surface area contributed by atoms with Gasteiger partial charge in [-0.05, 0) is 53.6 Å². The van der Waals surface area contributed by atoms with Crippen LogP contribution in [0.1, 0.15) is 10.5 Å². The summed E-state index contributed by atoms with van der Waals surface area (Å²) in [4.78, 5) is 19.5. The van der Waals surface area contributed by atoms with Crippen LogP contribution in [0.5, 0.6) is 0 Å². The maximum atomic E-state index is 12.3. The van der Waals surface area contributed by atoms with Crippen LogP contribution in [0.15, 0.2) is 91.1 Å². The highest BCUT2D eigenvalue weighted by molar-refractivity contribution is 7.74. The molecule has 5 aromatic rings. The van der Waals surface area contributed by atoms with Gasteiger partial charge in [-0.2, -0.15) is 0 Å². The van der Waals surface area contributed by atoms with Crippen molar-refractivity contribution in [2.75, 3.05) is 9.62 Å². The van der Waals surface area contributed by atoms with E-state index < -0.39 is 10.9 Å². The first-order chi connectivity index (χ1) is 16.1. The number of hydrogen-bond donors (Lipinski definition) is 3. The lowest BCUT2D eigenvalue weighted by Gasteiger charge is -2.18. The highest BCUT2D eigenvalue weighted by atomic mass is 32.2. The third-order valence-corrected chi connectivity index (χ3v) is 6.78. The Labute approximate surface area is 195 Å². The molecule has 0 aliphatic rings. The van der Waals surface area contributed by atoms with E-state index in [0.717, 1.165) is 15.8 Å². The molecule has 9 heteroatoms. The van der Waals surface area contributed by atoms with Gasteiger partial charge >= 0.3 is 0 Å². The minimum absolute atomic E-state index is 0.290. The van der Waals surface area contributed by atoms with Gasteiger partial charge in [0.2, 0.25) is 10.9 Å². The Morgan fingerprint density at radius 1 is 0.879 bits per heavy atom. The minimum Gasteiger partial charge on any atom is -0.357 e. The van der Waals surface area contributed by atoms with Gasteiger partial charge in [-0.15, -0.1) is 0 Å². The highest BCUT2D eigenvalue weighted by Crippen LogP contribution is 2.34. The van der Waals surface area contributed by atoms with Gasteiger partial charge in [0.05, 0.1) is 21.6 Å². The fourth-order valence-electron chi connectivity index (χ4n) is 3.50. The standard InChI is InChI=1S/C24H18N4O3S2/c29-23(21-7-4-14-25-21)27-24-26-20-13-12-19(15-22(20)32-24)28(33(30)31)18-10-8-17(9-11-18)16-5-2-1-3-6-16/h1-15,25,33H,(H,26,27,29). The lowest BCUT2D eigenvalue weighted by molar-refractivity contribution is 0.102. The normalized spacial score (nSPS) is 11.1. The van der Waals surface area contributed by atoms with Crippen LogP contribution in [0, 0.1) is 0 Å². The van der Waals surface area contributed by atoms with Crippen LogP contribution in [0.2, 0.25) is 0 Å². The van der Waals surface area contributed by atoms with E-state index in [1.165, 1.54) is 15.6 Å². The van der Waals surface area contributed by atoms with Crippen LogP contribution < -0.4 is 9.62 Å². The van der Waals surface area contributed by atoms with Crippen LogP contribution in [0.3, 0.4) is 0 Å². The predicted molar refractivity (Wildman–Crippen MR) is 133 cm³/mol. The van der Waals surface area contributed by atoms with E-state index in [1.54, 1.807) is 48.7 Å². The van der Waals surface area contributed by atoms with Crippen molar-refractivity contribution in [1.82, 2.24) is 9.97 Å². The molecule has 2 aromatic heterocycles. The summed E-state index contributed by atoms with van der Waals surface area (Å²) in [5, 5.41) is 3.20.